The molecule has 16 heavy (non-hydrogen) atoms. The van der Waals surface area contributed by atoms with Crippen molar-refractivity contribution < 1.29 is 4.74 Å². The lowest BCUT2D eigenvalue weighted by Crippen LogP contribution is -2.40. The fourth-order valence-corrected chi connectivity index (χ4v) is 2.31. The van der Waals surface area contributed by atoms with Crippen LogP contribution in [0.3, 0.4) is 0 Å². The Hall–Kier alpha value is -0.0700. The summed E-state index contributed by atoms with van der Waals surface area (Å²) in [7, 11) is 0. The Morgan fingerprint density at radius 3 is 2.69 bits per heavy atom. The maximum atomic E-state index is 5.45. The number of hydrazine groups is 1. The molecular weight excluding hydrogens is 288 g/mol. The summed E-state index contributed by atoms with van der Waals surface area (Å²) in [6.45, 7) is 3.35. The van der Waals surface area contributed by atoms with Gasteiger partial charge in [-0.15, -0.1) is 11.8 Å². The second-order valence-corrected chi connectivity index (χ2v) is 5.30. The van der Waals surface area contributed by atoms with Crippen molar-refractivity contribution in [3.8, 4) is 0 Å². The first kappa shape index (κ1) is 14.0. The van der Waals surface area contributed by atoms with Crippen molar-refractivity contribution in [2.24, 2.45) is 5.84 Å². The lowest BCUT2D eigenvalue weighted by atomic mass is 10.4. The van der Waals surface area contributed by atoms with E-state index in [1.54, 1.807) is 11.8 Å². The number of hydrogen-bond acceptors (Lipinski definition) is 4. The van der Waals surface area contributed by atoms with Gasteiger partial charge in [0.05, 0.1) is 12.6 Å². The number of benzene rings is 1. The summed E-state index contributed by atoms with van der Waals surface area (Å²) < 4.78 is 6.43. The van der Waals surface area contributed by atoms with E-state index in [1.807, 2.05) is 19.1 Å². The summed E-state index contributed by atoms with van der Waals surface area (Å²) in [6, 6.07) is 8.44. The lowest BCUT2D eigenvalue weighted by molar-refractivity contribution is 0.129. The molecule has 0 saturated carbocycles. The molecule has 0 aliphatic heterocycles. The Morgan fingerprint density at radius 1 is 1.44 bits per heavy atom. The number of rotatable bonds is 7. The third kappa shape index (κ3) is 5.32. The first-order chi connectivity index (χ1) is 7.76. The maximum absolute atomic E-state index is 5.45. The van der Waals surface area contributed by atoms with Crippen molar-refractivity contribution in [1.29, 1.82) is 0 Å². The summed E-state index contributed by atoms with van der Waals surface area (Å²) >= 11 is 5.18. The molecule has 1 aromatic rings. The molecule has 0 heterocycles. The van der Waals surface area contributed by atoms with Crippen LogP contribution in [0.1, 0.15) is 6.92 Å². The van der Waals surface area contributed by atoms with Gasteiger partial charge in [-0.2, -0.15) is 0 Å². The van der Waals surface area contributed by atoms with Gasteiger partial charge in [0.1, 0.15) is 0 Å². The number of nitrogens with two attached hydrogens (primary N) is 1. The van der Waals surface area contributed by atoms with Gasteiger partial charge in [-0.3, -0.25) is 11.3 Å². The van der Waals surface area contributed by atoms with Crippen LogP contribution >= 0.6 is 27.7 Å². The van der Waals surface area contributed by atoms with Crippen LogP contribution in [0.2, 0.25) is 0 Å². The molecule has 90 valence electrons. The molecule has 3 N–H and O–H groups in total. The van der Waals surface area contributed by atoms with Crippen molar-refractivity contribution in [2.45, 2.75) is 17.9 Å². The number of nitrogens with one attached hydrogen (secondary N) is 1. The van der Waals surface area contributed by atoms with E-state index in [1.165, 1.54) is 4.90 Å². The Bertz CT molecular complexity index is 295. The summed E-state index contributed by atoms with van der Waals surface area (Å²) in [5.41, 5.74) is 2.76. The molecule has 0 amide bonds. The quantitative estimate of drug-likeness (QED) is 0.461. The van der Waals surface area contributed by atoms with Crippen molar-refractivity contribution in [2.75, 3.05) is 19.0 Å². The molecule has 1 rings (SSSR count). The fourth-order valence-electron chi connectivity index (χ4n) is 1.13. The molecular formula is C11H17BrN2OS. The monoisotopic (exact) mass is 304 g/mol. The Morgan fingerprint density at radius 2 is 2.12 bits per heavy atom. The molecule has 0 saturated heterocycles. The largest absolute Gasteiger partial charge is 0.380 e. The van der Waals surface area contributed by atoms with Crippen LogP contribution in [0.4, 0.5) is 0 Å². The molecule has 5 heteroatoms. The second-order valence-electron chi connectivity index (χ2n) is 3.29. The molecule has 0 bridgehead atoms. The van der Waals surface area contributed by atoms with Gasteiger partial charge in [-0.25, -0.2) is 0 Å². The SMILES string of the molecule is CCOCC(CSc1ccc(Br)cc1)NN. The van der Waals surface area contributed by atoms with E-state index < -0.39 is 0 Å². The highest BCUT2D eigenvalue weighted by molar-refractivity contribution is 9.10. The summed E-state index contributed by atoms with van der Waals surface area (Å²) in [4.78, 5) is 1.24. The number of hydrogen-bond donors (Lipinski definition) is 2. The summed E-state index contributed by atoms with van der Waals surface area (Å²) in [5, 5.41) is 0. The molecule has 1 aromatic carbocycles. The molecule has 3 nitrogen and oxygen atoms in total. The van der Waals surface area contributed by atoms with Gasteiger partial charge in [-0.05, 0) is 31.2 Å². The van der Waals surface area contributed by atoms with E-state index in [2.05, 4.69) is 33.5 Å². The Kier molecular flexibility index (Phi) is 7.07. The van der Waals surface area contributed by atoms with Crippen LogP contribution in [0.15, 0.2) is 33.6 Å². The van der Waals surface area contributed by atoms with Crippen LogP contribution in [-0.4, -0.2) is 25.0 Å². The van der Waals surface area contributed by atoms with Crippen molar-refractivity contribution in [3.63, 3.8) is 0 Å². The first-order valence-electron chi connectivity index (χ1n) is 5.18. The van der Waals surface area contributed by atoms with E-state index in [9.17, 15) is 0 Å². The van der Waals surface area contributed by atoms with Gasteiger partial charge in [0.15, 0.2) is 0 Å². The Balaban J connectivity index is 2.34. The third-order valence-electron chi connectivity index (χ3n) is 2.02. The Labute approximate surface area is 109 Å². The molecule has 0 aliphatic rings. The van der Waals surface area contributed by atoms with Gasteiger partial charge in [0.25, 0.3) is 0 Å². The van der Waals surface area contributed by atoms with Gasteiger partial charge in [0, 0.05) is 21.7 Å². The second kappa shape index (κ2) is 8.08. The number of thioether (sulfide) groups is 1. The van der Waals surface area contributed by atoms with Crippen molar-refractivity contribution in [3.05, 3.63) is 28.7 Å². The molecule has 0 radical (unpaired) electrons. The number of halogens is 1. The highest BCUT2D eigenvalue weighted by Gasteiger charge is 2.06. The van der Waals surface area contributed by atoms with E-state index >= 15 is 0 Å². The molecule has 0 aromatic heterocycles. The minimum Gasteiger partial charge on any atom is -0.380 e. The van der Waals surface area contributed by atoms with Gasteiger partial charge in [0.2, 0.25) is 0 Å². The topological polar surface area (TPSA) is 47.3 Å². The predicted octanol–water partition coefficient (Wildman–Crippen LogP) is 2.41. The zero-order valence-electron chi connectivity index (χ0n) is 9.28. The molecule has 1 atom stereocenters. The maximum Gasteiger partial charge on any atom is 0.0641 e. The van der Waals surface area contributed by atoms with Crippen molar-refractivity contribution in [1.82, 2.24) is 5.43 Å². The van der Waals surface area contributed by atoms with Crippen LogP contribution in [-0.2, 0) is 4.74 Å². The van der Waals surface area contributed by atoms with E-state index in [-0.39, 0.29) is 6.04 Å². The lowest BCUT2D eigenvalue weighted by Gasteiger charge is -2.14. The zero-order chi connectivity index (χ0) is 11.8. The van der Waals surface area contributed by atoms with Crippen LogP contribution < -0.4 is 11.3 Å². The van der Waals surface area contributed by atoms with Gasteiger partial charge < -0.3 is 4.74 Å². The van der Waals surface area contributed by atoms with E-state index in [4.69, 9.17) is 10.6 Å². The van der Waals surface area contributed by atoms with Crippen LogP contribution in [0.25, 0.3) is 0 Å². The predicted molar refractivity (Wildman–Crippen MR) is 72.5 cm³/mol. The zero-order valence-corrected chi connectivity index (χ0v) is 11.7. The third-order valence-corrected chi connectivity index (χ3v) is 3.73. The normalized spacial score (nSPS) is 12.7. The standard InChI is InChI=1S/C11H17BrN2OS/c1-2-15-7-10(14-13)8-16-11-5-3-9(12)4-6-11/h3-6,10,14H,2,7-8,13H2,1H3. The molecule has 0 aliphatic carbocycles. The average Bonchev–Trinajstić information content (AvgIpc) is 2.32. The number of ether oxygens (including phenoxy) is 1. The minimum absolute atomic E-state index is 0.189. The van der Waals surface area contributed by atoms with E-state index in [0.29, 0.717) is 6.61 Å². The van der Waals surface area contributed by atoms with Crippen molar-refractivity contribution >= 4 is 27.7 Å². The van der Waals surface area contributed by atoms with Crippen LogP contribution in [0.5, 0.6) is 0 Å². The molecule has 0 fully saturated rings. The smallest absolute Gasteiger partial charge is 0.0641 e. The minimum atomic E-state index is 0.189. The molecule has 1 unspecified atom stereocenters. The van der Waals surface area contributed by atoms with E-state index in [0.717, 1.165) is 16.8 Å². The highest BCUT2D eigenvalue weighted by atomic mass is 79.9. The first-order valence-corrected chi connectivity index (χ1v) is 6.96. The van der Waals surface area contributed by atoms with Crippen LogP contribution in [0, 0.1) is 0 Å². The van der Waals surface area contributed by atoms with Gasteiger partial charge in [-0.1, -0.05) is 15.9 Å². The average molecular weight is 305 g/mol. The summed E-state index contributed by atoms with van der Waals surface area (Å²) in [5.74, 6) is 6.35. The van der Waals surface area contributed by atoms with Gasteiger partial charge >= 0.3 is 0 Å². The molecule has 0 spiro atoms. The summed E-state index contributed by atoms with van der Waals surface area (Å²) in [6.07, 6.45) is 0. The fraction of sp³-hybridized carbons (Fsp3) is 0.455. The highest BCUT2D eigenvalue weighted by Crippen LogP contribution is 2.21.